The van der Waals surface area contributed by atoms with Crippen LogP contribution in [0.4, 0.5) is 0 Å². The third kappa shape index (κ3) is 4.93. The Morgan fingerprint density at radius 1 is 1.03 bits per heavy atom. The Bertz CT molecular complexity index is 970. The predicted molar refractivity (Wildman–Crippen MR) is 120 cm³/mol. The molecule has 32 heavy (non-hydrogen) atoms. The van der Waals surface area contributed by atoms with Crippen LogP contribution in [0.25, 0.3) is 0 Å². The quantitative estimate of drug-likeness (QED) is 0.756. The molecule has 1 N–H and O–H groups in total. The number of methoxy groups -OCH3 is 1. The van der Waals surface area contributed by atoms with Crippen LogP contribution in [0.3, 0.4) is 0 Å². The number of hydrogen-bond acceptors (Lipinski definition) is 4. The minimum Gasteiger partial charge on any atom is -0.496 e. The van der Waals surface area contributed by atoms with E-state index in [1.165, 1.54) is 0 Å². The van der Waals surface area contributed by atoms with Crippen molar-refractivity contribution in [2.45, 2.75) is 31.8 Å². The van der Waals surface area contributed by atoms with Gasteiger partial charge in [-0.25, -0.2) is 0 Å². The van der Waals surface area contributed by atoms with Crippen molar-refractivity contribution in [3.05, 3.63) is 65.7 Å². The number of piperidine rings is 1. The van der Waals surface area contributed by atoms with Gasteiger partial charge in [0, 0.05) is 38.6 Å². The van der Waals surface area contributed by atoms with E-state index in [9.17, 15) is 14.4 Å². The number of hydrogen-bond donors (Lipinski definition) is 1. The molecule has 0 aliphatic carbocycles. The minimum atomic E-state index is -0.320. The van der Waals surface area contributed by atoms with Gasteiger partial charge in [0.1, 0.15) is 5.75 Å². The molecule has 2 saturated heterocycles. The van der Waals surface area contributed by atoms with Gasteiger partial charge in [0.15, 0.2) is 0 Å². The van der Waals surface area contributed by atoms with Crippen LogP contribution in [-0.2, 0) is 16.1 Å². The monoisotopic (exact) mass is 435 g/mol. The zero-order valence-electron chi connectivity index (χ0n) is 18.3. The van der Waals surface area contributed by atoms with E-state index in [2.05, 4.69) is 5.32 Å². The Kier molecular flexibility index (Phi) is 6.73. The Morgan fingerprint density at radius 2 is 1.72 bits per heavy atom. The van der Waals surface area contributed by atoms with Crippen molar-refractivity contribution in [3.8, 4) is 5.75 Å². The number of rotatable bonds is 6. The van der Waals surface area contributed by atoms with Crippen molar-refractivity contribution >= 4 is 17.7 Å². The average Bonchev–Trinajstić information content (AvgIpc) is 3.20. The first-order valence-corrected chi connectivity index (χ1v) is 11.1. The number of carbonyl (C=O) groups is 3. The maximum atomic E-state index is 12.9. The first-order chi connectivity index (χ1) is 15.5. The number of para-hydroxylation sites is 1. The van der Waals surface area contributed by atoms with Gasteiger partial charge in [0.25, 0.3) is 5.91 Å². The molecule has 2 aliphatic heterocycles. The Hall–Kier alpha value is -3.35. The van der Waals surface area contributed by atoms with Crippen LogP contribution >= 0.6 is 0 Å². The summed E-state index contributed by atoms with van der Waals surface area (Å²) >= 11 is 0. The van der Waals surface area contributed by atoms with E-state index in [0.717, 1.165) is 5.56 Å². The minimum absolute atomic E-state index is 0.0162. The van der Waals surface area contributed by atoms with Crippen LogP contribution in [0.1, 0.15) is 35.2 Å². The molecule has 0 bridgehead atoms. The summed E-state index contributed by atoms with van der Waals surface area (Å²) in [6, 6.07) is 17.1. The largest absolute Gasteiger partial charge is 0.496 e. The highest BCUT2D eigenvalue weighted by atomic mass is 16.5. The topological polar surface area (TPSA) is 79.0 Å². The molecule has 1 unspecified atom stereocenters. The van der Waals surface area contributed by atoms with Gasteiger partial charge in [-0.05, 0) is 30.5 Å². The normalized spacial score (nSPS) is 19.2. The summed E-state index contributed by atoms with van der Waals surface area (Å²) in [6.07, 6.45) is 1.64. The van der Waals surface area contributed by atoms with E-state index in [-0.39, 0.29) is 36.1 Å². The fourth-order valence-corrected chi connectivity index (χ4v) is 4.44. The Labute approximate surface area is 188 Å². The maximum absolute atomic E-state index is 12.9. The molecule has 3 amide bonds. The smallest absolute Gasteiger partial charge is 0.257 e. The highest BCUT2D eigenvalue weighted by Crippen LogP contribution is 2.23. The summed E-state index contributed by atoms with van der Waals surface area (Å²) < 4.78 is 5.31. The molecule has 2 aromatic rings. The summed E-state index contributed by atoms with van der Waals surface area (Å²) in [4.78, 5) is 41.6. The third-order valence-electron chi connectivity index (χ3n) is 6.27. The van der Waals surface area contributed by atoms with Crippen LogP contribution in [0.15, 0.2) is 54.6 Å². The lowest BCUT2D eigenvalue weighted by molar-refractivity contribution is -0.129. The molecule has 7 nitrogen and oxygen atoms in total. The van der Waals surface area contributed by atoms with Crippen molar-refractivity contribution in [1.82, 2.24) is 15.1 Å². The highest BCUT2D eigenvalue weighted by Gasteiger charge is 2.35. The van der Waals surface area contributed by atoms with E-state index in [4.69, 9.17) is 4.74 Å². The van der Waals surface area contributed by atoms with Crippen LogP contribution in [-0.4, -0.2) is 60.3 Å². The van der Waals surface area contributed by atoms with Gasteiger partial charge in [-0.15, -0.1) is 0 Å². The van der Waals surface area contributed by atoms with Crippen molar-refractivity contribution < 1.29 is 19.1 Å². The standard InChI is InChI=1S/C25H29N3O4/c1-32-22-10-6-5-9-21(22)25(31)27-13-11-20(12-14-27)26-24(30)19-15-23(29)28(17-19)16-18-7-3-2-4-8-18/h2-10,19-20H,11-17H2,1H3,(H,26,30). The van der Waals surface area contributed by atoms with E-state index in [1.807, 2.05) is 42.5 Å². The Morgan fingerprint density at radius 3 is 2.44 bits per heavy atom. The molecule has 7 heteroatoms. The van der Waals surface area contributed by atoms with E-state index >= 15 is 0 Å². The highest BCUT2D eigenvalue weighted by molar-refractivity contribution is 5.97. The van der Waals surface area contributed by atoms with Crippen LogP contribution < -0.4 is 10.1 Å². The van der Waals surface area contributed by atoms with Gasteiger partial charge >= 0.3 is 0 Å². The molecule has 4 rings (SSSR count). The van der Waals surface area contributed by atoms with E-state index < -0.39 is 0 Å². The second-order valence-corrected chi connectivity index (χ2v) is 8.44. The number of amides is 3. The first kappa shape index (κ1) is 21.9. The molecule has 168 valence electrons. The van der Waals surface area contributed by atoms with E-state index in [0.29, 0.717) is 50.3 Å². The molecule has 2 aliphatic rings. The molecule has 0 spiro atoms. The zero-order chi connectivity index (χ0) is 22.5. The maximum Gasteiger partial charge on any atom is 0.257 e. The number of likely N-dealkylation sites (tertiary alicyclic amines) is 2. The average molecular weight is 436 g/mol. The van der Waals surface area contributed by atoms with Gasteiger partial charge in [-0.3, -0.25) is 14.4 Å². The molecule has 0 radical (unpaired) electrons. The van der Waals surface area contributed by atoms with Gasteiger partial charge < -0.3 is 19.9 Å². The number of ether oxygens (including phenoxy) is 1. The first-order valence-electron chi connectivity index (χ1n) is 11.1. The van der Waals surface area contributed by atoms with Gasteiger partial charge in [0.2, 0.25) is 11.8 Å². The number of nitrogens with zero attached hydrogens (tertiary/aromatic N) is 2. The van der Waals surface area contributed by atoms with E-state index in [1.54, 1.807) is 29.0 Å². The second-order valence-electron chi connectivity index (χ2n) is 8.44. The number of nitrogens with one attached hydrogen (secondary N) is 1. The number of carbonyl (C=O) groups excluding carboxylic acids is 3. The number of benzene rings is 2. The molecular formula is C25H29N3O4. The predicted octanol–water partition coefficient (Wildman–Crippen LogP) is 2.46. The third-order valence-corrected chi connectivity index (χ3v) is 6.27. The SMILES string of the molecule is COc1ccccc1C(=O)N1CCC(NC(=O)C2CC(=O)N(Cc3ccccc3)C2)CC1. The van der Waals surface area contributed by atoms with Gasteiger partial charge in [-0.2, -0.15) is 0 Å². The molecule has 2 heterocycles. The van der Waals surface area contributed by atoms with Crippen molar-refractivity contribution in [2.24, 2.45) is 5.92 Å². The van der Waals surface area contributed by atoms with Crippen LogP contribution in [0, 0.1) is 5.92 Å². The molecule has 0 aromatic heterocycles. The summed E-state index contributed by atoms with van der Waals surface area (Å²) in [5, 5.41) is 3.11. The lowest BCUT2D eigenvalue weighted by Crippen LogP contribution is -2.48. The summed E-state index contributed by atoms with van der Waals surface area (Å²) in [5.74, 6) is 0.151. The fourth-order valence-electron chi connectivity index (χ4n) is 4.44. The second kappa shape index (κ2) is 9.85. The lowest BCUT2D eigenvalue weighted by Gasteiger charge is -2.33. The van der Waals surface area contributed by atoms with Crippen molar-refractivity contribution in [3.63, 3.8) is 0 Å². The molecule has 2 aromatic carbocycles. The summed E-state index contributed by atoms with van der Waals surface area (Å²) in [7, 11) is 1.56. The van der Waals surface area contributed by atoms with Crippen LogP contribution in [0.5, 0.6) is 5.75 Å². The van der Waals surface area contributed by atoms with Crippen molar-refractivity contribution in [2.75, 3.05) is 26.7 Å². The summed E-state index contributed by atoms with van der Waals surface area (Å²) in [6.45, 7) is 2.13. The fraction of sp³-hybridized carbons (Fsp3) is 0.400. The zero-order valence-corrected chi connectivity index (χ0v) is 18.3. The molecule has 0 saturated carbocycles. The molecule has 1 atom stereocenters. The van der Waals surface area contributed by atoms with Gasteiger partial charge in [-0.1, -0.05) is 42.5 Å². The van der Waals surface area contributed by atoms with Crippen molar-refractivity contribution in [1.29, 1.82) is 0 Å². The van der Waals surface area contributed by atoms with Crippen LogP contribution in [0.2, 0.25) is 0 Å². The summed E-state index contributed by atoms with van der Waals surface area (Å²) in [5.41, 5.74) is 1.62. The molecule has 2 fully saturated rings. The lowest BCUT2D eigenvalue weighted by atomic mass is 10.0. The Balaban J connectivity index is 1.26. The van der Waals surface area contributed by atoms with Gasteiger partial charge in [0.05, 0.1) is 18.6 Å². The molecular weight excluding hydrogens is 406 g/mol.